The van der Waals surface area contributed by atoms with Crippen LogP contribution in [0, 0.1) is 0 Å². The molecule has 20 heavy (non-hydrogen) atoms. The summed E-state index contributed by atoms with van der Waals surface area (Å²) >= 11 is 0.810. The van der Waals surface area contributed by atoms with Crippen LogP contribution < -0.4 is 0 Å². The predicted octanol–water partition coefficient (Wildman–Crippen LogP) is 3.81. The molecule has 3 aromatic heterocycles. The van der Waals surface area contributed by atoms with Gasteiger partial charge in [-0.25, -0.2) is 0 Å². The van der Waals surface area contributed by atoms with Crippen molar-refractivity contribution in [3.05, 3.63) is 54.7 Å². The van der Waals surface area contributed by atoms with Gasteiger partial charge in [-0.2, -0.15) is 0 Å². The molecule has 0 spiro atoms. The molecule has 0 fully saturated rings. The second-order valence-corrected chi connectivity index (χ2v) is 9.41. The molecule has 0 aliphatic heterocycles. The van der Waals surface area contributed by atoms with Crippen LogP contribution in [0.4, 0.5) is 0 Å². The summed E-state index contributed by atoms with van der Waals surface area (Å²) in [6.45, 7) is 0. The molecular weight excluding hydrogens is 376 g/mol. The SMILES string of the molecule is c1cnc2c(c1)[se]c1cccc3[se]c4cccc2c4c13. The number of benzene rings is 2. The van der Waals surface area contributed by atoms with Gasteiger partial charge in [-0.1, -0.05) is 0 Å². The van der Waals surface area contributed by atoms with Gasteiger partial charge in [0.2, 0.25) is 0 Å². The number of fused-ring (bicyclic) bond motifs is 2. The van der Waals surface area contributed by atoms with E-state index >= 15 is 0 Å². The van der Waals surface area contributed by atoms with Crippen LogP contribution in [-0.2, 0) is 0 Å². The quantitative estimate of drug-likeness (QED) is 0.370. The van der Waals surface area contributed by atoms with Gasteiger partial charge in [0.15, 0.2) is 0 Å². The summed E-state index contributed by atoms with van der Waals surface area (Å²) in [5.41, 5.74) is 1.20. The monoisotopic (exact) mass is 387 g/mol. The standard InChI is InChI=1S/C17H9NSe2/c1-4-10-15-11(5-1)19-12-6-2-7-13(16(12)15)20-14-8-3-9-18-17(10)14/h1-9H. The van der Waals surface area contributed by atoms with E-state index in [-0.39, 0.29) is 0 Å². The van der Waals surface area contributed by atoms with Gasteiger partial charge in [0.25, 0.3) is 0 Å². The molecule has 5 aromatic rings. The van der Waals surface area contributed by atoms with Crippen molar-refractivity contribution in [2.75, 3.05) is 0 Å². The molecule has 1 nitrogen and oxygen atoms in total. The minimum atomic E-state index is 0.353. The van der Waals surface area contributed by atoms with Crippen molar-refractivity contribution in [3.8, 4) is 0 Å². The summed E-state index contributed by atoms with van der Waals surface area (Å²) in [7, 11) is 0. The molecule has 0 N–H and O–H groups in total. The van der Waals surface area contributed by atoms with Gasteiger partial charge in [0, 0.05) is 0 Å². The maximum absolute atomic E-state index is 4.69. The first-order chi connectivity index (χ1) is 9.92. The van der Waals surface area contributed by atoms with E-state index in [0.717, 1.165) is 0 Å². The Hall–Kier alpha value is -1.37. The third-order valence-electron chi connectivity index (χ3n) is 3.73. The molecule has 0 amide bonds. The number of hydrogen-bond acceptors (Lipinski definition) is 1. The van der Waals surface area contributed by atoms with E-state index in [1.54, 1.807) is 4.26 Å². The number of aromatic nitrogens is 1. The fourth-order valence-corrected chi connectivity index (χ4v) is 7.98. The predicted molar refractivity (Wildman–Crippen MR) is 88.1 cm³/mol. The van der Waals surface area contributed by atoms with Gasteiger partial charge >= 0.3 is 127 Å². The van der Waals surface area contributed by atoms with E-state index in [0.29, 0.717) is 29.0 Å². The summed E-state index contributed by atoms with van der Waals surface area (Å²) in [4.78, 5) is 4.69. The zero-order chi connectivity index (χ0) is 13.1. The van der Waals surface area contributed by atoms with Gasteiger partial charge in [0.05, 0.1) is 0 Å². The van der Waals surface area contributed by atoms with E-state index < -0.39 is 0 Å². The number of rotatable bonds is 0. The first-order valence-corrected chi connectivity index (χ1v) is 9.92. The first kappa shape index (κ1) is 11.3. The molecule has 5 rings (SSSR count). The second kappa shape index (κ2) is 4.07. The van der Waals surface area contributed by atoms with Crippen molar-refractivity contribution in [1.82, 2.24) is 4.98 Å². The van der Waals surface area contributed by atoms with Crippen molar-refractivity contribution >= 4 is 67.7 Å². The zero-order valence-electron chi connectivity index (χ0n) is 10.5. The Labute approximate surface area is 127 Å². The van der Waals surface area contributed by atoms with Crippen LogP contribution in [0.2, 0.25) is 0 Å². The van der Waals surface area contributed by atoms with Crippen LogP contribution in [0.15, 0.2) is 54.7 Å². The van der Waals surface area contributed by atoms with E-state index in [2.05, 4.69) is 48.5 Å². The molecule has 0 aliphatic carbocycles. The summed E-state index contributed by atoms with van der Waals surface area (Å²) in [5, 5.41) is 4.33. The summed E-state index contributed by atoms with van der Waals surface area (Å²) in [6, 6.07) is 17.9. The van der Waals surface area contributed by atoms with Crippen LogP contribution in [0.1, 0.15) is 0 Å². The van der Waals surface area contributed by atoms with Gasteiger partial charge in [-0.3, -0.25) is 0 Å². The Morgan fingerprint density at radius 3 is 2.15 bits per heavy atom. The zero-order valence-corrected chi connectivity index (χ0v) is 13.9. The van der Waals surface area contributed by atoms with Gasteiger partial charge in [-0.05, 0) is 0 Å². The van der Waals surface area contributed by atoms with Gasteiger partial charge in [0.1, 0.15) is 0 Å². The van der Waals surface area contributed by atoms with Crippen LogP contribution in [0.25, 0.3) is 38.7 Å². The van der Waals surface area contributed by atoms with Gasteiger partial charge < -0.3 is 0 Å². The second-order valence-electron chi connectivity index (χ2n) is 4.86. The van der Waals surface area contributed by atoms with Crippen molar-refractivity contribution in [1.29, 1.82) is 0 Å². The molecule has 0 saturated heterocycles. The maximum atomic E-state index is 4.69. The van der Waals surface area contributed by atoms with Crippen LogP contribution >= 0.6 is 0 Å². The Bertz CT molecular complexity index is 1100. The van der Waals surface area contributed by atoms with E-state index in [9.17, 15) is 0 Å². The molecular formula is C17H9NSe2. The summed E-state index contributed by atoms with van der Waals surface area (Å²) in [5.74, 6) is 0. The van der Waals surface area contributed by atoms with Crippen LogP contribution in [-0.4, -0.2) is 34.0 Å². The fourth-order valence-electron chi connectivity index (χ4n) is 2.91. The molecule has 3 heteroatoms. The molecule has 3 heterocycles. The minimum absolute atomic E-state index is 0.353. The van der Waals surface area contributed by atoms with Crippen molar-refractivity contribution < 1.29 is 0 Å². The van der Waals surface area contributed by atoms with E-state index in [1.807, 2.05) is 6.20 Å². The third kappa shape index (κ3) is 1.41. The van der Waals surface area contributed by atoms with Crippen molar-refractivity contribution in [2.45, 2.75) is 0 Å². The Balaban J connectivity index is 2.32. The first-order valence-electron chi connectivity index (χ1n) is 6.49. The van der Waals surface area contributed by atoms with Crippen LogP contribution in [0.3, 0.4) is 0 Å². The average Bonchev–Trinajstić information content (AvgIpc) is 2.79. The summed E-state index contributed by atoms with van der Waals surface area (Å²) in [6.07, 6.45) is 1.92. The average molecular weight is 385 g/mol. The molecule has 0 bridgehead atoms. The van der Waals surface area contributed by atoms with E-state index in [1.165, 1.54) is 34.5 Å². The van der Waals surface area contributed by atoms with Gasteiger partial charge in [-0.15, -0.1) is 0 Å². The van der Waals surface area contributed by atoms with Crippen molar-refractivity contribution in [3.63, 3.8) is 0 Å². The topological polar surface area (TPSA) is 12.9 Å². The number of hydrogen-bond donors (Lipinski definition) is 0. The summed E-state index contributed by atoms with van der Waals surface area (Å²) < 4.78 is 6.00. The molecule has 0 unspecified atom stereocenters. The Kier molecular flexibility index (Phi) is 2.30. The molecule has 94 valence electrons. The Morgan fingerprint density at radius 2 is 1.30 bits per heavy atom. The molecule has 2 aromatic carbocycles. The number of pyridine rings is 1. The normalized spacial score (nSPS) is 12.0. The Morgan fingerprint density at radius 1 is 0.650 bits per heavy atom. The third-order valence-corrected chi connectivity index (χ3v) is 8.41. The van der Waals surface area contributed by atoms with Crippen LogP contribution in [0.5, 0.6) is 0 Å². The fraction of sp³-hybridized carbons (Fsp3) is 0. The molecule has 0 radical (unpaired) electrons. The number of nitrogens with zero attached hydrogens (tertiary/aromatic N) is 1. The van der Waals surface area contributed by atoms with Crippen molar-refractivity contribution in [2.24, 2.45) is 0 Å². The molecule has 0 saturated carbocycles. The van der Waals surface area contributed by atoms with E-state index in [4.69, 9.17) is 4.98 Å². The molecule has 0 atom stereocenters. The molecule has 0 aliphatic rings.